The molecule has 2 aromatic carbocycles. The smallest absolute Gasteiger partial charge is 0.387 e. The van der Waals surface area contributed by atoms with Crippen LogP contribution in [0.1, 0.15) is 18.1 Å². The maximum atomic E-state index is 12.6. The van der Waals surface area contributed by atoms with Gasteiger partial charge < -0.3 is 24.8 Å². The topological polar surface area (TPSA) is 64.1 Å². The Kier molecular flexibility index (Phi) is 9.71. The molecular weight excluding hydrogens is 380 g/mol. The van der Waals surface area contributed by atoms with Crippen LogP contribution in [0, 0.1) is 0 Å². The van der Waals surface area contributed by atoms with Gasteiger partial charge in [-0.25, -0.2) is 4.99 Å². The van der Waals surface area contributed by atoms with Gasteiger partial charge >= 0.3 is 6.61 Å². The van der Waals surface area contributed by atoms with Crippen LogP contribution in [0.25, 0.3) is 0 Å². The van der Waals surface area contributed by atoms with E-state index in [4.69, 9.17) is 9.47 Å². The molecule has 0 aliphatic heterocycles. The van der Waals surface area contributed by atoms with Crippen LogP contribution < -0.4 is 20.1 Å². The highest BCUT2D eigenvalue weighted by molar-refractivity contribution is 5.79. The summed E-state index contributed by atoms with van der Waals surface area (Å²) < 4.78 is 40.3. The van der Waals surface area contributed by atoms with Crippen molar-refractivity contribution >= 4 is 5.96 Å². The Labute approximate surface area is 169 Å². The van der Waals surface area contributed by atoms with Crippen molar-refractivity contribution in [3.63, 3.8) is 0 Å². The predicted molar refractivity (Wildman–Crippen MR) is 109 cm³/mol. The zero-order valence-electron chi connectivity index (χ0n) is 16.7. The van der Waals surface area contributed by atoms with Crippen molar-refractivity contribution < 1.29 is 23.0 Å². The minimum absolute atomic E-state index is 0.145. The quantitative estimate of drug-likeness (QED) is 0.339. The number of nitrogens with zero attached hydrogens (tertiary/aromatic N) is 1. The molecule has 0 bridgehead atoms. The van der Waals surface area contributed by atoms with Crippen LogP contribution in [0.4, 0.5) is 8.78 Å². The Balaban J connectivity index is 1.99. The lowest BCUT2D eigenvalue weighted by molar-refractivity contribution is -0.0504. The maximum absolute atomic E-state index is 12.6. The van der Waals surface area contributed by atoms with E-state index in [1.54, 1.807) is 25.3 Å². The molecule has 0 aliphatic carbocycles. The number of aliphatic imine (C=N–C) groups is 1. The molecule has 2 rings (SSSR count). The van der Waals surface area contributed by atoms with Gasteiger partial charge in [0, 0.05) is 25.8 Å². The van der Waals surface area contributed by atoms with E-state index >= 15 is 0 Å². The number of methoxy groups -OCH3 is 1. The van der Waals surface area contributed by atoms with Crippen molar-refractivity contribution in [2.24, 2.45) is 4.99 Å². The summed E-state index contributed by atoms with van der Waals surface area (Å²) in [6.07, 6.45) is 0. The summed E-state index contributed by atoms with van der Waals surface area (Å²) in [6.45, 7) is 1.50. The van der Waals surface area contributed by atoms with Crippen molar-refractivity contribution in [1.82, 2.24) is 10.6 Å². The number of rotatable bonds is 11. The zero-order chi connectivity index (χ0) is 20.9. The normalized spacial score (nSPS) is 11.4. The van der Waals surface area contributed by atoms with E-state index in [2.05, 4.69) is 20.4 Å². The molecule has 8 heteroatoms. The SMILES string of the molecule is CCNC(=NCc1cccc(OCCOC)c1)NCc1ccccc1OC(F)F. The molecule has 0 atom stereocenters. The number of para-hydroxylation sites is 1. The second-order valence-corrected chi connectivity index (χ2v) is 6.02. The molecule has 0 unspecified atom stereocenters. The van der Waals surface area contributed by atoms with Gasteiger partial charge in [0.05, 0.1) is 13.2 Å². The van der Waals surface area contributed by atoms with E-state index < -0.39 is 6.61 Å². The number of hydrogen-bond donors (Lipinski definition) is 2. The fourth-order valence-electron chi connectivity index (χ4n) is 2.53. The fourth-order valence-corrected chi connectivity index (χ4v) is 2.53. The van der Waals surface area contributed by atoms with Crippen LogP contribution >= 0.6 is 0 Å². The van der Waals surface area contributed by atoms with Gasteiger partial charge in [-0.1, -0.05) is 30.3 Å². The van der Waals surface area contributed by atoms with Crippen LogP contribution in [-0.2, 0) is 17.8 Å². The van der Waals surface area contributed by atoms with Gasteiger partial charge in [-0.15, -0.1) is 0 Å². The predicted octanol–water partition coefficient (Wildman–Crippen LogP) is 3.57. The van der Waals surface area contributed by atoms with Crippen LogP contribution in [0.2, 0.25) is 0 Å². The second-order valence-electron chi connectivity index (χ2n) is 6.02. The molecular formula is C21H27F2N3O3. The molecule has 0 spiro atoms. The van der Waals surface area contributed by atoms with Gasteiger partial charge in [0.1, 0.15) is 18.1 Å². The van der Waals surface area contributed by atoms with Crippen LogP contribution in [0.15, 0.2) is 53.5 Å². The molecule has 2 N–H and O–H groups in total. The van der Waals surface area contributed by atoms with Crippen LogP contribution in [-0.4, -0.2) is 39.4 Å². The highest BCUT2D eigenvalue weighted by Gasteiger charge is 2.09. The average Bonchev–Trinajstić information content (AvgIpc) is 2.71. The number of benzene rings is 2. The molecule has 6 nitrogen and oxygen atoms in total. The summed E-state index contributed by atoms with van der Waals surface area (Å²) in [4.78, 5) is 4.55. The number of guanidine groups is 1. The summed E-state index contributed by atoms with van der Waals surface area (Å²) in [5.74, 6) is 1.47. The first-order valence-corrected chi connectivity index (χ1v) is 9.38. The van der Waals surface area contributed by atoms with Crippen molar-refractivity contribution in [3.8, 4) is 11.5 Å². The Bertz CT molecular complexity index is 772. The lowest BCUT2D eigenvalue weighted by atomic mass is 10.2. The van der Waals surface area contributed by atoms with Crippen molar-refractivity contribution in [2.45, 2.75) is 26.6 Å². The zero-order valence-corrected chi connectivity index (χ0v) is 16.7. The Morgan fingerprint density at radius 2 is 1.90 bits per heavy atom. The number of halogens is 2. The molecule has 0 saturated carbocycles. The van der Waals surface area contributed by atoms with Crippen LogP contribution in [0.3, 0.4) is 0 Å². The van der Waals surface area contributed by atoms with Gasteiger partial charge in [0.15, 0.2) is 5.96 Å². The first kappa shape index (κ1) is 22.4. The molecule has 0 fully saturated rings. The lowest BCUT2D eigenvalue weighted by Gasteiger charge is -2.14. The Morgan fingerprint density at radius 1 is 1.07 bits per heavy atom. The van der Waals surface area contributed by atoms with E-state index in [1.165, 1.54) is 6.07 Å². The number of ether oxygens (including phenoxy) is 3. The molecule has 2 aromatic rings. The molecule has 0 amide bonds. The summed E-state index contributed by atoms with van der Waals surface area (Å²) in [5.41, 5.74) is 1.60. The molecule has 0 radical (unpaired) electrons. The van der Waals surface area contributed by atoms with E-state index in [-0.39, 0.29) is 5.75 Å². The fraction of sp³-hybridized carbons (Fsp3) is 0.381. The standard InChI is InChI=1S/C21H27F2N3O3/c1-3-24-21(26-15-17-8-4-5-10-19(17)29-20(22)23)25-14-16-7-6-9-18(13-16)28-12-11-27-2/h4-10,13,20H,3,11-12,14-15H2,1-2H3,(H2,24,25,26). The van der Waals surface area contributed by atoms with Gasteiger partial charge in [0.25, 0.3) is 0 Å². The number of nitrogens with one attached hydrogen (secondary N) is 2. The minimum atomic E-state index is -2.86. The molecule has 0 heterocycles. The third-order valence-electron chi connectivity index (χ3n) is 3.85. The largest absolute Gasteiger partial charge is 0.491 e. The Morgan fingerprint density at radius 3 is 2.66 bits per heavy atom. The van der Waals surface area contributed by atoms with Crippen molar-refractivity contribution in [1.29, 1.82) is 0 Å². The third kappa shape index (κ3) is 8.35. The summed E-state index contributed by atoms with van der Waals surface area (Å²) >= 11 is 0. The van der Waals surface area contributed by atoms with E-state index in [9.17, 15) is 8.78 Å². The van der Waals surface area contributed by atoms with E-state index in [0.29, 0.717) is 44.4 Å². The van der Waals surface area contributed by atoms with Gasteiger partial charge in [-0.3, -0.25) is 0 Å². The third-order valence-corrected chi connectivity index (χ3v) is 3.85. The molecule has 158 valence electrons. The first-order valence-electron chi connectivity index (χ1n) is 9.38. The lowest BCUT2D eigenvalue weighted by Crippen LogP contribution is -2.36. The second kappa shape index (κ2) is 12.6. The van der Waals surface area contributed by atoms with Crippen molar-refractivity contribution in [3.05, 3.63) is 59.7 Å². The summed E-state index contributed by atoms with van der Waals surface area (Å²) in [5, 5.41) is 6.29. The number of hydrogen-bond acceptors (Lipinski definition) is 4. The highest BCUT2D eigenvalue weighted by Crippen LogP contribution is 2.20. The molecule has 0 aliphatic rings. The summed E-state index contributed by atoms with van der Waals surface area (Å²) in [6, 6.07) is 14.3. The van der Waals surface area contributed by atoms with Gasteiger partial charge in [0.2, 0.25) is 0 Å². The monoisotopic (exact) mass is 407 g/mol. The van der Waals surface area contributed by atoms with Crippen LogP contribution in [0.5, 0.6) is 11.5 Å². The van der Waals surface area contributed by atoms with Crippen molar-refractivity contribution in [2.75, 3.05) is 26.9 Å². The van der Waals surface area contributed by atoms with E-state index in [1.807, 2.05) is 31.2 Å². The molecule has 0 saturated heterocycles. The Hall–Kier alpha value is -2.87. The average molecular weight is 407 g/mol. The number of alkyl halides is 2. The van der Waals surface area contributed by atoms with Gasteiger partial charge in [-0.05, 0) is 30.7 Å². The van der Waals surface area contributed by atoms with E-state index in [0.717, 1.165) is 11.3 Å². The first-order chi connectivity index (χ1) is 14.1. The molecule has 0 aromatic heterocycles. The highest BCUT2D eigenvalue weighted by atomic mass is 19.3. The minimum Gasteiger partial charge on any atom is -0.491 e. The maximum Gasteiger partial charge on any atom is 0.387 e. The summed E-state index contributed by atoms with van der Waals surface area (Å²) in [7, 11) is 1.63. The molecule has 29 heavy (non-hydrogen) atoms. The van der Waals surface area contributed by atoms with Gasteiger partial charge in [-0.2, -0.15) is 8.78 Å².